The second kappa shape index (κ2) is 10.2. The molecule has 2 unspecified atom stereocenters. The summed E-state index contributed by atoms with van der Waals surface area (Å²) < 4.78 is 34.5. The number of amides is 3. The Balaban J connectivity index is 1.66. The minimum atomic E-state index is -0.854. The lowest BCUT2D eigenvalue weighted by Crippen LogP contribution is -2.71. The summed E-state index contributed by atoms with van der Waals surface area (Å²) in [4.78, 5) is 36.6. The molecular weight excluding hydrogens is 522 g/mol. The van der Waals surface area contributed by atoms with Gasteiger partial charge in [-0.2, -0.15) is 4.99 Å². The molecule has 208 valence electrons. The van der Waals surface area contributed by atoms with E-state index in [1.54, 1.807) is 28.7 Å². The first-order chi connectivity index (χ1) is 18.5. The number of rotatable bonds is 4. The Morgan fingerprint density at radius 2 is 2.03 bits per heavy atom. The van der Waals surface area contributed by atoms with Crippen LogP contribution in [0.4, 0.5) is 13.6 Å². The van der Waals surface area contributed by atoms with Gasteiger partial charge in [0, 0.05) is 55.2 Å². The molecule has 0 bridgehead atoms. The number of carbonyl (C=O) groups is 2. The summed E-state index contributed by atoms with van der Waals surface area (Å²) in [5.41, 5.74) is 1.96. The van der Waals surface area contributed by atoms with Crippen molar-refractivity contribution in [3.63, 3.8) is 0 Å². The molecule has 2 saturated heterocycles. The first-order valence-electron chi connectivity index (χ1n) is 13.1. The summed E-state index contributed by atoms with van der Waals surface area (Å²) in [6.07, 6.45) is 3.33. The second-order valence-corrected chi connectivity index (χ2v) is 12.0. The van der Waals surface area contributed by atoms with Gasteiger partial charge in [-0.25, -0.2) is 13.6 Å². The second-order valence-electron chi connectivity index (χ2n) is 10.9. The number of piperazine rings is 1. The van der Waals surface area contributed by atoms with Crippen molar-refractivity contribution in [2.24, 2.45) is 4.99 Å². The number of ether oxygens (including phenoxy) is 1. The van der Waals surface area contributed by atoms with E-state index in [2.05, 4.69) is 16.5 Å². The molecule has 0 spiro atoms. The Morgan fingerprint density at radius 1 is 1.28 bits per heavy atom. The first-order valence-corrected chi connectivity index (χ1v) is 14.2. The van der Waals surface area contributed by atoms with E-state index in [0.29, 0.717) is 36.8 Å². The predicted molar refractivity (Wildman–Crippen MR) is 150 cm³/mol. The lowest BCUT2D eigenvalue weighted by Gasteiger charge is -2.59. The third-order valence-electron chi connectivity index (χ3n) is 8.37. The normalized spacial score (nSPS) is 30.6. The summed E-state index contributed by atoms with van der Waals surface area (Å²) in [5, 5.41) is -0.309. The van der Waals surface area contributed by atoms with Gasteiger partial charge in [-0.1, -0.05) is 6.58 Å². The molecule has 1 aliphatic carbocycles. The standard InChI is InChI=1S/C29H34F2N4O3S/c1-7-24(36)33-12-18(4)34(13-17(33)3)27-22-10-16(2)25(21-9-8-19(30)11-23(21)31)26-29(22,5)35(28(37)32-27)20(14-38-6)15-39-26/h7-11,17-18,20,26H,1,12-15H2,2-6H3/t17-,18+,20+,26?,29?/m1/s1. The summed E-state index contributed by atoms with van der Waals surface area (Å²) in [6, 6.07) is 2.86. The summed E-state index contributed by atoms with van der Waals surface area (Å²) in [7, 11) is 1.61. The maximum absolute atomic E-state index is 15.2. The molecular formula is C29H34F2N4O3S. The van der Waals surface area contributed by atoms with Crippen molar-refractivity contribution in [1.29, 1.82) is 0 Å². The number of carbonyl (C=O) groups excluding carboxylic acids is 2. The van der Waals surface area contributed by atoms with E-state index in [4.69, 9.17) is 4.74 Å². The SMILES string of the molecule is C=CC(=O)N1C[C@H](C)N(C2=NC(=O)N3[C@@H](COC)CSC4C(c5ccc(F)cc5F)=C(C)C=C2C43C)C[C@H]1C. The fourth-order valence-electron chi connectivity index (χ4n) is 6.52. The topological polar surface area (TPSA) is 65.5 Å². The molecule has 1 aromatic rings. The minimum Gasteiger partial charge on any atom is -0.383 e. The first kappa shape index (κ1) is 27.6. The van der Waals surface area contributed by atoms with Gasteiger partial charge in [0.25, 0.3) is 0 Å². The third kappa shape index (κ3) is 4.32. The van der Waals surface area contributed by atoms with Crippen LogP contribution in [0.2, 0.25) is 0 Å². The fourth-order valence-corrected chi connectivity index (χ4v) is 8.23. The fraction of sp³-hybridized carbons (Fsp3) is 0.483. The van der Waals surface area contributed by atoms with Gasteiger partial charge in [0.15, 0.2) is 0 Å². The highest BCUT2D eigenvalue weighted by molar-refractivity contribution is 8.00. The predicted octanol–water partition coefficient (Wildman–Crippen LogP) is 4.51. The van der Waals surface area contributed by atoms with E-state index in [1.165, 1.54) is 18.2 Å². The van der Waals surface area contributed by atoms with Crippen LogP contribution >= 0.6 is 11.8 Å². The van der Waals surface area contributed by atoms with Crippen LogP contribution in [-0.2, 0) is 9.53 Å². The van der Waals surface area contributed by atoms with E-state index in [-0.39, 0.29) is 35.3 Å². The number of aliphatic imine (C=N–C) groups is 1. The molecule has 0 saturated carbocycles. The number of hydrogen-bond acceptors (Lipinski definition) is 5. The number of amidine groups is 1. The van der Waals surface area contributed by atoms with Crippen molar-refractivity contribution >= 4 is 35.1 Å². The van der Waals surface area contributed by atoms with Gasteiger partial charge in [-0.3, -0.25) is 4.79 Å². The Hall–Kier alpha value is -2.98. The molecule has 10 heteroatoms. The average Bonchev–Trinajstić information content (AvgIpc) is 2.88. The summed E-state index contributed by atoms with van der Waals surface area (Å²) in [6.45, 7) is 12.9. The minimum absolute atomic E-state index is 0.0996. The number of halogens is 2. The van der Waals surface area contributed by atoms with Gasteiger partial charge >= 0.3 is 6.03 Å². The van der Waals surface area contributed by atoms with Gasteiger partial charge < -0.3 is 19.4 Å². The Kier molecular flexibility index (Phi) is 7.22. The van der Waals surface area contributed by atoms with Gasteiger partial charge in [0.2, 0.25) is 5.91 Å². The lowest BCUT2D eigenvalue weighted by atomic mass is 9.72. The molecule has 1 aromatic carbocycles. The van der Waals surface area contributed by atoms with Crippen LogP contribution in [0.15, 0.2) is 53.1 Å². The van der Waals surface area contributed by atoms with E-state index < -0.39 is 17.2 Å². The van der Waals surface area contributed by atoms with E-state index >= 15 is 4.39 Å². The maximum Gasteiger partial charge on any atom is 0.346 e. The molecule has 0 aromatic heterocycles. The Labute approximate surface area is 232 Å². The van der Waals surface area contributed by atoms with Crippen LogP contribution in [-0.4, -0.2) is 93.9 Å². The molecule has 39 heavy (non-hydrogen) atoms. The summed E-state index contributed by atoms with van der Waals surface area (Å²) in [5.74, 6) is -0.206. The van der Waals surface area contributed by atoms with E-state index in [0.717, 1.165) is 22.8 Å². The maximum atomic E-state index is 15.2. The molecule has 7 nitrogen and oxygen atoms in total. The van der Waals surface area contributed by atoms with Crippen LogP contribution in [0.3, 0.4) is 0 Å². The van der Waals surface area contributed by atoms with Crippen LogP contribution in [0.25, 0.3) is 5.57 Å². The number of nitrogens with zero attached hydrogens (tertiary/aromatic N) is 4. The number of thioether (sulfide) groups is 1. The highest BCUT2D eigenvalue weighted by Gasteiger charge is 2.59. The zero-order chi connectivity index (χ0) is 28.2. The molecule has 3 aliphatic heterocycles. The summed E-state index contributed by atoms with van der Waals surface area (Å²) >= 11 is 1.66. The van der Waals surface area contributed by atoms with Gasteiger partial charge in [0.1, 0.15) is 17.5 Å². The Morgan fingerprint density at radius 3 is 2.69 bits per heavy atom. The molecule has 5 atom stereocenters. The monoisotopic (exact) mass is 556 g/mol. The van der Waals surface area contributed by atoms with Gasteiger partial charge in [-0.15, -0.1) is 11.8 Å². The largest absolute Gasteiger partial charge is 0.383 e. The Bertz CT molecular complexity index is 1330. The van der Waals surface area contributed by atoms with E-state index in [1.807, 2.05) is 33.8 Å². The van der Waals surface area contributed by atoms with Crippen molar-refractivity contribution < 1.29 is 23.1 Å². The molecule has 4 aliphatic rings. The molecule has 0 radical (unpaired) electrons. The van der Waals surface area contributed by atoms with Crippen LogP contribution in [0.5, 0.6) is 0 Å². The smallest absolute Gasteiger partial charge is 0.346 e. The van der Waals surface area contributed by atoms with Crippen molar-refractivity contribution in [2.45, 2.75) is 56.6 Å². The molecule has 2 fully saturated rings. The zero-order valence-electron chi connectivity index (χ0n) is 22.9. The average molecular weight is 557 g/mol. The lowest BCUT2D eigenvalue weighted by molar-refractivity contribution is -0.130. The van der Waals surface area contributed by atoms with Crippen LogP contribution in [0.1, 0.15) is 33.3 Å². The molecule has 3 amide bonds. The quantitative estimate of drug-likeness (QED) is 0.511. The molecule has 3 heterocycles. The highest BCUT2D eigenvalue weighted by atomic mass is 32.2. The van der Waals surface area contributed by atoms with Crippen molar-refractivity contribution in [3.8, 4) is 0 Å². The van der Waals surface area contributed by atoms with E-state index in [9.17, 15) is 14.0 Å². The number of benzene rings is 1. The van der Waals surface area contributed by atoms with Gasteiger partial charge in [-0.05, 0) is 63.1 Å². The van der Waals surface area contributed by atoms with Crippen LogP contribution < -0.4 is 0 Å². The van der Waals surface area contributed by atoms with Crippen LogP contribution in [0, 0.1) is 11.6 Å². The zero-order valence-corrected chi connectivity index (χ0v) is 23.7. The number of hydrogen-bond donors (Lipinski definition) is 0. The molecule has 0 N–H and O–H groups in total. The number of methoxy groups -OCH3 is 1. The highest BCUT2D eigenvalue weighted by Crippen LogP contribution is 2.54. The number of urea groups is 1. The third-order valence-corrected chi connectivity index (χ3v) is 9.97. The van der Waals surface area contributed by atoms with Crippen molar-refractivity contribution in [1.82, 2.24) is 14.7 Å². The number of allylic oxidation sites excluding steroid dienone is 2. The van der Waals surface area contributed by atoms with Gasteiger partial charge in [0.05, 0.1) is 23.4 Å². The van der Waals surface area contributed by atoms with Crippen molar-refractivity contribution in [2.75, 3.05) is 32.6 Å². The molecule has 5 rings (SSSR count). The van der Waals surface area contributed by atoms with Crippen molar-refractivity contribution in [3.05, 3.63) is 65.3 Å².